The molecule has 4 rings (SSSR count). The Bertz CT molecular complexity index is 984. The van der Waals surface area contributed by atoms with Crippen LogP contribution in [-0.4, -0.2) is 9.52 Å². The van der Waals surface area contributed by atoms with Gasteiger partial charge in [-0.3, -0.25) is 0 Å². The molecule has 4 aromatic rings. The Morgan fingerprint density at radius 1 is 0.700 bits per heavy atom. The van der Waals surface area contributed by atoms with Gasteiger partial charge in [0.15, 0.2) is 0 Å². The number of aryl methyl sites for hydroxylation is 4. The van der Waals surface area contributed by atoms with Gasteiger partial charge in [-0.25, -0.2) is 0 Å². The summed E-state index contributed by atoms with van der Waals surface area (Å²) < 4.78 is 2.33. The fourth-order valence-electron chi connectivity index (χ4n) is 3.22. The molecular formula is C24H26Br2Cl2SiZr. The average Bonchev–Trinajstić information content (AvgIpc) is 3.18. The van der Waals surface area contributed by atoms with E-state index in [4.69, 9.17) is 17.0 Å². The van der Waals surface area contributed by atoms with Gasteiger partial charge in [-0.1, -0.05) is 82.1 Å². The standard InChI is InChI=1S/2C11H10Br.C2H6Si.2ClH.Zr/c2*1-7-3-9-6-10(12)5-8(2)11(9)4-7;1-3-2;;;/h2*3-6H,1-2H3;1-2H3;2*1H;/q2*-1;;;;+4/p-2. The molecule has 0 unspecified atom stereocenters. The predicted octanol–water partition coefficient (Wildman–Crippen LogP) is 10.0. The van der Waals surface area contributed by atoms with Crippen LogP contribution in [0.5, 0.6) is 0 Å². The Morgan fingerprint density at radius 3 is 1.30 bits per heavy atom. The van der Waals surface area contributed by atoms with E-state index < -0.39 is 20.8 Å². The first-order chi connectivity index (χ1) is 14.2. The first kappa shape index (κ1) is 28.3. The van der Waals surface area contributed by atoms with Crippen molar-refractivity contribution in [3.8, 4) is 0 Å². The van der Waals surface area contributed by atoms with Crippen LogP contribution in [0.15, 0.2) is 57.5 Å². The summed E-state index contributed by atoms with van der Waals surface area (Å²) in [6.45, 7) is 12.9. The predicted molar refractivity (Wildman–Crippen MR) is 143 cm³/mol. The van der Waals surface area contributed by atoms with E-state index >= 15 is 0 Å². The van der Waals surface area contributed by atoms with Gasteiger partial charge in [-0.05, 0) is 22.8 Å². The number of hydrogen-bond donors (Lipinski definition) is 0. The maximum absolute atomic E-state index is 4.93. The van der Waals surface area contributed by atoms with Crippen molar-refractivity contribution in [1.29, 1.82) is 0 Å². The van der Waals surface area contributed by atoms with Crippen LogP contribution in [0.2, 0.25) is 13.1 Å². The van der Waals surface area contributed by atoms with Gasteiger partial charge in [-0.15, -0.1) is 56.9 Å². The Balaban J connectivity index is 0.000000239. The molecule has 0 bridgehead atoms. The van der Waals surface area contributed by atoms with E-state index in [1.807, 2.05) is 0 Å². The first-order valence-electron chi connectivity index (χ1n) is 9.37. The molecule has 0 fully saturated rings. The van der Waals surface area contributed by atoms with Crippen molar-refractivity contribution in [3.63, 3.8) is 0 Å². The third-order valence-corrected chi connectivity index (χ3v) is 5.19. The van der Waals surface area contributed by atoms with Crippen LogP contribution < -0.4 is 0 Å². The van der Waals surface area contributed by atoms with E-state index in [-0.39, 0.29) is 0 Å². The molecule has 0 aliphatic rings. The minimum atomic E-state index is -0.826. The summed E-state index contributed by atoms with van der Waals surface area (Å²) >= 11 is 6.16. The zero-order valence-electron chi connectivity index (χ0n) is 18.1. The molecule has 0 saturated heterocycles. The van der Waals surface area contributed by atoms with Gasteiger partial charge in [0.05, 0.1) is 0 Å². The normalized spacial score (nSPS) is 9.67. The molecule has 158 valence electrons. The zero-order chi connectivity index (χ0) is 22.8. The van der Waals surface area contributed by atoms with Gasteiger partial charge in [0.1, 0.15) is 0 Å². The third-order valence-electron chi connectivity index (χ3n) is 4.28. The van der Waals surface area contributed by atoms with Gasteiger partial charge < -0.3 is 0 Å². The topological polar surface area (TPSA) is 0 Å². The van der Waals surface area contributed by atoms with Gasteiger partial charge >= 0.3 is 37.9 Å². The van der Waals surface area contributed by atoms with E-state index in [0.29, 0.717) is 0 Å². The van der Waals surface area contributed by atoms with Crippen LogP contribution in [0.1, 0.15) is 22.3 Å². The van der Waals surface area contributed by atoms with E-state index in [2.05, 4.69) is 121 Å². The van der Waals surface area contributed by atoms with Crippen LogP contribution in [-0.2, 0) is 20.8 Å². The van der Waals surface area contributed by atoms with Gasteiger partial charge in [-0.2, -0.15) is 12.1 Å². The summed E-state index contributed by atoms with van der Waals surface area (Å²) in [4.78, 5) is 0. The molecule has 0 nitrogen and oxygen atoms in total. The van der Waals surface area contributed by atoms with Crippen LogP contribution in [0.25, 0.3) is 21.5 Å². The number of fused-ring (bicyclic) bond motifs is 2. The summed E-state index contributed by atoms with van der Waals surface area (Å²) in [6.07, 6.45) is 0. The molecular weight excluding hydrogens is 638 g/mol. The summed E-state index contributed by atoms with van der Waals surface area (Å²) in [5, 5.41) is 5.41. The summed E-state index contributed by atoms with van der Waals surface area (Å²) in [5.41, 5.74) is 5.36. The number of halogens is 4. The fourth-order valence-corrected chi connectivity index (χ4v) is 4.40. The number of rotatable bonds is 0. The Labute approximate surface area is 219 Å². The Hall–Kier alpha value is 0.300. The monoisotopic (exact) mass is 660 g/mol. The van der Waals surface area contributed by atoms with Crippen molar-refractivity contribution in [2.75, 3.05) is 0 Å². The molecule has 4 aromatic carbocycles. The number of hydrogen-bond acceptors (Lipinski definition) is 0. The van der Waals surface area contributed by atoms with Gasteiger partial charge in [0.2, 0.25) is 0 Å². The summed E-state index contributed by atoms with van der Waals surface area (Å²) in [7, 11) is 11.0. The van der Waals surface area contributed by atoms with Gasteiger partial charge in [0, 0.05) is 9.52 Å². The second-order valence-corrected chi connectivity index (χ2v) is 13.7. The SMILES string of the molecule is C[Si]C.Cc1cc2c(C)cc(Br)cc2[cH-]1.Cc1cc2c(C)cc(Br)cc2[cH-]1.[Cl][Zr+2][Cl]. The second kappa shape index (κ2) is 14.4. The van der Waals surface area contributed by atoms with Crippen LogP contribution in [0, 0.1) is 27.7 Å². The molecule has 0 aliphatic heterocycles. The summed E-state index contributed by atoms with van der Waals surface area (Å²) in [6, 6.07) is 17.5. The molecule has 0 atom stereocenters. The molecule has 6 heteroatoms. The quantitative estimate of drug-likeness (QED) is 0.130. The maximum atomic E-state index is 4.93. The van der Waals surface area contributed by atoms with Crippen molar-refractivity contribution in [3.05, 3.63) is 79.7 Å². The van der Waals surface area contributed by atoms with Gasteiger partial charge in [0.25, 0.3) is 0 Å². The molecule has 0 N–H and O–H groups in total. The second-order valence-electron chi connectivity index (χ2n) is 7.09. The number of benzene rings is 2. The van der Waals surface area contributed by atoms with Crippen molar-refractivity contribution in [2.45, 2.75) is 40.8 Å². The van der Waals surface area contributed by atoms with Crippen molar-refractivity contribution >= 4 is 80.0 Å². The molecule has 0 aliphatic carbocycles. The molecule has 0 spiro atoms. The average molecular weight is 664 g/mol. The van der Waals surface area contributed by atoms with Crippen molar-refractivity contribution in [1.82, 2.24) is 0 Å². The first-order valence-corrected chi connectivity index (χ1v) is 19.3. The van der Waals surface area contributed by atoms with E-state index in [1.54, 1.807) is 0 Å². The van der Waals surface area contributed by atoms with Crippen LogP contribution in [0.3, 0.4) is 0 Å². The third kappa shape index (κ3) is 9.04. The molecule has 0 saturated carbocycles. The molecule has 2 radical (unpaired) electrons. The zero-order valence-corrected chi connectivity index (χ0v) is 26.3. The molecule has 0 aromatic heterocycles. The van der Waals surface area contributed by atoms with E-state index in [1.165, 1.54) is 43.8 Å². The Morgan fingerprint density at radius 2 is 1.00 bits per heavy atom. The molecule has 30 heavy (non-hydrogen) atoms. The van der Waals surface area contributed by atoms with Crippen LogP contribution >= 0.6 is 48.9 Å². The minimum absolute atomic E-state index is 0.826. The van der Waals surface area contributed by atoms with Crippen molar-refractivity contribution < 1.29 is 20.8 Å². The Kier molecular flexibility index (Phi) is 13.6. The fraction of sp³-hybridized carbons (Fsp3) is 0.250. The van der Waals surface area contributed by atoms with E-state index in [0.717, 1.165) is 18.5 Å². The van der Waals surface area contributed by atoms with Crippen LogP contribution in [0.4, 0.5) is 0 Å². The molecule has 0 amide bonds. The van der Waals surface area contributed by atoms with Crippen molar-refractivity contribution in [2.24, 2.45) is 0 Å². The summed E-state index contributed by atoms with van der Waals surface area (Å²) in [5.74, 6) is 0. The van der Waals surface area contributed by atoms with E-state index in [9.17, 15) is 0 Å². The molecule has 0 heterocycles.